The molecule has 1 aliphatic heterocycles. The number of rotatable bonds is 3. The lowest BCUT2D eigenvalue weighted by atomic mass is 10.2. The van der Waals surface area contributed by atoms with E-state index in [1.165, 1.54) is 0 Å². The van der Waals surface area contributed by atoms with E-state index in [2.05, 4.69) is 0 Å². The Labute approximate surface area is 109 Å². The summed E-state index contributed by atoms with van der Waals surface area (Å²) >= 11 is 0. The zero-order valence-electron chi connectivity index (χ0n) is 9.73. The van der Waals surface area contributed by atoms with Crippen molar-refractivity contribution >= 4 is 16.0 Å². The van der Waals surface area contributed by atoms with Crippen molar-refractivity contribution in [2.45, 2.75) is 23.5 Å². The summed E-state index contributed by atoms with van der Waals surface area (Å²) in [4.78, 5) is 10.8. The average Bonchev–Trinajstić information content (AvgIpc) is 2.73. The monoisotopic (exact) mass is 289 g/mol. The predicted molar refractivity (Wildman–Crippen MR) is 62.3 cm³/mol. The summed E-state index contributed by atoms with van der Waals surface area (Å²) in [6, 6.07) is 2.79. The summed E-state index contributed by atoms with van der Waals surface area (Å²) < 4.78 is 38.0. The van der Waals surface area contributed by atoms with Gasteiger partial charge in [-0.15, -0.1) is 0 Å². The van der Waals surface area contributed by atoms with Crippen LogP contribution in [0.25, 0.3) is 0 Å². The van der Waals surface area contributed by atoms with Gasteiger partial charge in [-0.3, -0.25) is 4.79 Å². The molecule has 2 rings (SSSR count). The van der Waals surface area contributed by atoms with Gasteiger partial charge in [0, 0.05) is 13.0 Å². The minimum atomic E-state index is -4.06. The largest absolute Gasteiger partial charge is 0.480 e. The highest BCUT2D eigenvalue weighted by molar-refractivity contribution is 7.89. The minimum Gasteiger partial charge on any atom is -0.480 e. The van der Waals surface area contributed by atoms with Crippen molar-refractivity contribution in [2.24, 2.45) is 0 Å². The van der Waals surface area contributed by atoms with Crippen LogP contribution < -0.4 is 0 Å². The van der Waals surface area contributed by atoms with E-state index < -0.39 is 34.0 Å². The van der Waals surface area contributed by atoms with Gasteiger partial charge < -0.3 is 10.2 Å². The molecular formula is C11H12FNO5S. The third-order valence-corrected chi connectivity index (χ3v) is 4.83. The molecule has 0 aromatic heterocycles. The van der Waals surface area contributed by atoms with Crippen LogP contribution in [0.2, 0.25) is 0 Å². The summed E-state index contributed by atoms with van der Waals surface area (Å²) in [5.41, 5.74) is 0. The quantitative estimate of drug-likeness (QED) is 0.819. The molecule has 0 unspecified atom stereocenters. The number of carboxylic acid groups (broad SMARTS) is 1. The fourth-order valence-electron chi connectivity index (χ4n) is 2.02. The van der Waals surface area contributed by atoms with Gasteiger partial charge in [-0.25, -0.2) is 12.8 Å². The number of aliphatic hydroxyl groups is 1. The lowest BCUT2D eigenvalue weighted by Gasteiger charge is -2.20. The molecule has 1 fully saturated rings. The van der Waals surface area contributed by atoms with E-state index in [1.807, 2.05) is 0 Å². The Kier molecular flexibility index (Phi) is 3.57. The van der Waals surface area contributed by atoms with E-state index in [-0.39, 0.29) is 17.9 Å². The molecule has 1 aliphatic rings. The van der Waals surface area contributed by atoms with Crippen molar-refractivity contribution in [1.29, 1.82) is 0 Å². The SMILES string of the molecule is O=C(O)[C@H]1C[C@@H](O)CN1S(=O)(=O)c1ccc(F)cc1. The standard InChI is InChI=1S/C11H12FNO5S/c12-7-1-3-9(4-2-7)19(17,18)13-6-8(14)5-10(13)11(15)16/h1-4,8,10,14H,5-6H2,(H,15,16)/t8-,10-/m1/s1. The Morgan fingerprint density at radius 3 is 2.42 bits per heavy atom. The van der Waals surface area contributed by atoms with Crippen LogP contribution in [0.15, 0.2) is 29.2 Å². The number of halogens is 1. The average molecular weight is 289 g/mol. The molecular weight excluding hydrogens is 277 g/mol. The molecule has 1 aromatic carbocycles. The summed E-state index contributed by atoms with van der Waals surface area (Å²) in [5.74, 6) is -1.91. The fraction of sp³-hybridized carbons (Fsp3) is 0.364. The van der Waals surface area contributed by atoms with Gasteiger partial charge in [0.05, 0.1) is 11.0 Å². The molecule has 0 aliphatic carbocycles. The maximum atomic E-state index is 12.8. The first kappa shape index (κ1) is 13.9. The van der Waals surface area contributed by atoms with Gasteiger partial charge in [0.15, 0.2) is 0 Å². The molecule has 0 amide bonds. The predicted octanol–water partition coefficient (Wildman–Crippen LogP) is 0.0342. The number of carbonyl (C=O) groups is 1. The van der Waals surface area contributed by atoms with Gasteiger partial charge in [0.25, 0.3) is 0 Å². The number of aliphatic carboxylic acids is 1. The van der Waals surface area contributed by atoms with Crippen molar-refractivity contribution in [3.05, 3.63) is 30.1 Å². The van der Waals surface area contributed by atoms with Crippen LogP contribution in [0.3, 0.4) is 0 Å². The molecule has 1 saturated heterocycles. The highest BCUT2D eigenvalue weighted by atomic mass is 32.2. The van der Waals surface area contributed by atoms with Crippen molar-refractivity contribution in [1.82, 2.24) is 4.31 Å². The number of hydrogen-bond donors (Lipinski definition) is 2. The molecule has 19 heavy (non-hydrogen) atoms. The lowest BCUT2D eigenvalue weighted by Crippen LogP contribution is -2.40. The van der Waals surface area contributed by atoms with Crippen molar-refractivity contribution in [3.8, 4) is 0 Å². The number of β-amino-alcohol motifs (C(OH)–C–C–N with tert-alkyl or cyclic N) is 1. The molecule has 0 radical (unpaired) electrons. The highest BCUT2D eigenvalue weighted by Gasteiger charge is 2.43. The molecule has 1 aromatic rings. The Bertz CT molecular complexity index is 586. The molecule has 104 valence electrons. The highest BCUT2D eigenvalue weighted by Crippen LogP contribution is 2.26. The first-order chi connectivity index (χ1) is 8.82. The Morgan fingerprint density at radius 1 is 1.32 bits per heavy atom. The van der Waals surface area contributed by atoms with Crippen molar-refractivity contribution in [2.75, 3.05) is 6.54 Å². The van der Waals surface area contributed by atoms with Gasteiger partial charge in [0.1, 0.15) is 11.9 Å². The molecule has 0 bridgehead atoms. The number of sulfonamides is 1. The molecule has 1 heterocycles. The molecule has 0 saturated carbocycles. The fourth-order valence-corrected chi connectivity index (χ4v) is 3.65. The zero-order chi connectivity index (χ0) is 14.2. The van der Waals surface area contributed by atoms with E-state index in [1.54, 1.807) is 0 Å². The van der Waals surface area contributed by atoms with Crippen LogP contribution >= 0.6 is 0 Å². The summed E-state index contributed by atoms with van der Waals surface area (Å²) in [6.07, 6.45) is -1.17. The third-order valence-electron chi connectivity index (χ3n) is 2.94. The Morgan fingerprint density at radius 2 is 1.89 bits per heavy atom. The summed E-state index contributed by atoms with van der Waals surface area (Å²) in [5, 5.41) is 18.4. The topological polar surface area (TPSA) is 94.9 Å². The molecule has 0 spiro atoms. The smallest absolute Gasteiger partial charge is 0.322 e. The maximum absolute atomic E-state index is 12.8. The van der Waals surface area contributed by atoms with Crippen LogP contribution in [-0.4, -0.2) is 47.6 Å². The zero-order valence-corrected chi connectivity index (χ0v) is 10.5. The van der Waals surface area contributed by atoms with Gasteiger partial charge in [-0.2, -0.15) is 4.31 Å². The van der Waals surface area contributed by atoms with Crippen LogP contribution in [0.4, 0.5) is 4.39 Å². The number of nitrogens with zero attached hydrogens (tertiary/aromatic N) is 1. The number of aliphatic hydroxyl groups excluding tert-OH is 1. The van der Waals surface area contributed by atoms with Gasteiger partial charge in [-0.05, 0) is 24.3 Å². The first-order valence-electron chi connectivity index (χ1n) is 5.50. The second-order valence-corrected chi connectivity index (χ2v) is 6.16. The van der Waals surface area contributed by atoms with E-state index >= 15 is 0 Å². The van der Waals surface area contributed by atoms with E-state index in [9.17, 15) is 22.7 Å². The second kappa shape index (κ2) is 4.87. The number of carboxylic acids is 1. The number of benzene rings is 1. The lowest BCUT2D eigenvalue weighted by molar-refractivity contribution is -0.140. The molecule has 8 heteroatoms. The van der Waals surface area contributed by atoms with Gasteiger partial charge in [-0.1, -0.05) is 0 Å². The maximum Gasteiger partial charge on any atom is 0.322 e. The van der Waals surface area contributed by atoms with E-state index in [0.717, 1.165) is 28.6 Å². The van der Waals surface area contributed by atoms with Crippen LogP contribution in [0.1, 0.15) is 6.42 Å². The third kappa shape index (κ3) is 2.60. The second-order valence-electron chi connectivity index (χ2n) is 4.27. The normalized spacial score (nSPS) is 24.5. The van der Waals surface area contributed by atoms with Crippen LogP contribution in [0.5, 0.6) is 0 Å². The van der Waals surface area contributed by atoms with Crippen LogP contribution in [0, 0.1) is 5.82 Å². The van der Waals surface area contributed by atoms with E-state index in [0.29, 0.717) is 0 Å². The van der Waals surface area contributed by atoms with Gasteiger partial charge >= 0.3 is 5.97 Å². The van der Waals surface area contributed by atoms with Crippen LogP contribution in [-0.2, 0) is 14.8 Å². The number of hydrogen-bond acceptors (Lipinski definition) is 4. The molecule has 2 N–H and O–H groups in total. The molecule has 6 nitrogen and oxygen atoms in total. The Hall–Kier alpha value is -1.51. The van der Waals surface area contributed by atoms with Crippen molar-refractivity contribution in [3.63, 3.8) is 0 Å². The van der Waals surface area contributed by atoms with Gasteiger partial charge in [0.2, 0.25) is 10.0 Å². The molecule has 2 atom stereocenters. The first-order valence-corrected chi connectivity index (χ1v) is 6.94. The van der Waals surface area contributed by atoms with E-state index in [4.69, 9.17) is 5.11 Å². The summed E-state index contributed by atoms with van der Waals surface area (Å²) in [7, 11) is -4.06. The Balaban J connectivity index is 2.38. The summed E-state index contributed by atoms with van der Waals surface area (Å²) in [6.45, 7) is -0.281. The van der Waals surface area contributed by atoms with Crippen molar-refractivity contribution < 1.29 is 27.8 Å². The minimum absolute atomic E-state index is 0.157.